The lowest BCUT2D eigenvalue weighted by molar-refractivity contribution is 0.0216. The number of halogens is 1. The fourth-order valence-corrected chi connectivity index (χ4v) is 3.37. The van der Waals surface area contributed by atoms with Gasteiger partial charge in [0.1, 0.15) is 5.82 Å². The molecule has 2 rings (SSSR count). The summed E-state index contributed by atoms with van der Waals surface area (Å²) in [7, 11) is 6.24. The van der Waals surface area contributed by atoms with Crippen LogP contribution in [-0.2, 0) is 0 Å². The van der Waals surface area contributed by atoms with Gasteiger partial charge in [0.2, 0.25) is 0 Å². The largest absolute Gasteiger partial charge is 0.319 e. The van der Waals surface area contributed by atoms with Gasteiger partial charge in [0.15, 0.2) is 0 Å². The zero-order valence-corrected chi connectivity index (χ0v) is 11.5. The molecule has 3 heteroatoms. The summed E-state index contributed by atoms with van der Waals surface area (Å²) in [5.41, 5.74) is 1.52. The molecule has 1 aliphatic carbocycles. The first-order chi connectivity index (χ1) is 8.59. The van der Waals surface area contributed by atoms with Crippen molar-refractivity contribution in [2.75, 3.05) is 27.7 Å². The minimum Gasteiger partial charge on any atom is -0.319 e. The third kappa shape index (κ3) is 2.43. The maximum Gasteiger partial charge on any atom is 0.123 e. The smallest absolute Gasteiger partial charge is 0.123 e. The Labute approximate surface area is 109 Å². The van der Waals surface area contributed by atoms with E-state index in [1.165, 1.54) is 24.8 Å². The fourth-order valence-electron chi connectivity index (χ4n) is 3.37. The van der Waals surface area contributed by atoms with Gasteiger partial charge in [0.05, 0.1) is 0 Å². The zero-order valence-electron chi connectivity index (χ0n) is 11.5. The molecule has 18 heavy (non-hydrogen) atoms. The SMILES string of the molecule is CNCC1(C(c2ccc(F)cc2)N(C)C)CCC1. The highest BCUT2D eigenvalue weighted by Gasteiger charge is 2.45. The van der Waals surface area contributed by atoms with E-state index in [0.717, 1.165) is 6.54 Å². The molecule has 1 fully saturated rings. The van der Waals surface area contributed by atoms with Gasteiger partial charge in [0, 0.05) is 18.0 Å². The third-order valence-corrected chi connectivity index (χ3v) is 4.16. The molecule has 100 valence electrons. The van der Waals surface area contributed by atoms with Gasteiger partial charge in [-0.05, 0) is 51.7 Å². The van der Waals surface area contributed by atoms with E-state index in [1.807, 2.05) is 19.2 Å². The second kappa shape index (κ2) is 5.37. The van der Waals surface area contributed by atoms with Crippen LogP contribution in [0.2, 0.25) is 0 Å². The first-order valence-corrected chi connectivity index (χ1v) is 6.65. The molecule has 0 bridgehead atoms. The standard InChI is InChI=1S/C15H23FN2/c1-17-11-15(9-4-10-15)14(18(2)3)12-5-7-13(16)8-6-12/h5-8,14,17H,4,9-11H2,1-3H3. The summed E-state index contributed by atoms with van der Waals surface area (Å²) in [6, 6.07) is 7.35. The Morgan fingerprint density at radius 3 is 2.28 bits per heavy atom. The highest BCUT2D eigenvalue weighted by Crippen LogP contribution is 2.51. The third-order valence-electron chi connectivity index (χ3n) is 4.16. The van der Waals surface area contributed by atoms with Crippen molar-refractivity contribution in [1.29, 1.82) is 0 Å². The molecular formula is C15H23FN2. The molecule has 0 spiro atoms. The van der Waals surface area contributed by atoms with E-state index < -0.39 is 0 Å². The number of rotatable bonds is 5. The van der Waals surface area contributed by atoms with Gasteiger partial charge in [-0.3, -0.25) is 0 Å². The number of hydrogen-bond acceptors (Lipinski definition) is 2. The van der Waals surface area contributed by atoms with E-state index in [4.69, 9.17) is 0 Å². The van der Waals surface area contributed by atoms with Crippen LogP contribution < -0.4 is 5.32 Å². The Morgan fingerprint density at radius 2 is 1.89 bits per heavy atom. The molecule has 1 saturated carbocycles. The van der Waals surface area contributed by atoms with Gasteiger partial charge >= 0.3 is 0 Å². The van der Waals surface area contributed by atoms with Gasteiger partial charge in [-0.25, -0.2) is 4.39 Å². The van der Waals surface area contributed by atoms with Crippen LogP contribution in [0.3, 0.4) is 0 Å². The maximum absolute atomic E-state index is 13.1. The zero-order chi connectivity index (χ0) is 13.2. The lowest BCUT2D eigenvalue weighted by Crippen LogP contribution is -2.48. The molecule has 0 aliphatic heterocycles. The molecular weight excluding hydrogens is 227 g/mol. The molecule has 0 saturated heterocycles. The van der Waals surface area contributed by atoms with E-state index in [1.54, 1.807) is 12.1 Å². The van der Waals surface area contributed by atoms with Gasteiger partial charge in [-0.1, -0.05) is 18.6 Å². The van der Waals surface area contributed by atoms with E-state index in [-0.39, 0.29) is 5.82 Å². The summed E-state index contributed by atoms with van der Waals surface area (Å²) in [5, 5.41) is 3.33. The van der Waals surface area contributed by atoms with Crippen LogP contribution in [0.1, 0.15) is 30.9 Å². The van der Waals surface area contributed by atoms with Crippen LogP contribution in [-0.4, -0.2) is 32.6 Å². The normalized spacial score (nSPS) is 19.6. The molecule has 0 aromatic heterocycles. The first kappa shape index (κ1) is 13.5. The Morgan fingerprint density at radius 1 is 1.28 bits per heavy atom. The van der Waals surface area contributed by atoms with Crippen molar-refractivity contribution in [3.8, 4) is 0 Å². The molecule has 0 amide bonds. The number of hydrogen-bond donors (Lipinski definition) is 1. The maximum atomic E-state index is 13.1. The predicted molar refractivity (Wildman–Crippen MR) is 73.0 cm³/mol. The number of benzene rings is 1. The Balaban J connectivity index is 2.30. The average molecular weight is 250 g/mol. The minimum atomic E-state index is -0.160. The summed E-state index contributed by atoms with van der Waals surface area (Å²) in [4.78, 5) is 2.27. The van der Waals surface area contributed by atoms with E-state index in [9.17, 15) is 4.39 Å². The molecule has 1 aliphatic rings. The predicted octanol–water partition coefficient (Wildman–Crippen LogP) is 2.82. The van der Waals surface area contributed by atoms with Gasteiger partial charge in [-0.2, -0.15) is 0 Å². The van der Waals surface area contributed by atoms with Crippen molar-refractivity contribution in [1.82, 2.24) is 10.2 Å². The minimum absolute atomic E-state index is 0.160. The van der Waals surface area contributed by atoms with E-state index in [2.05, 4.69) is 24.3 Å². The van der Waals surface area contributed by atoms with Crippen molar-refractivity contribution < 1.29 is 4.39 Å². The highest BCUT2D eigenvalue weighted by molar-refractivity contribution is 5.24. The van der Waals surface area contributed by atoms with Crippen molar-refractivity contribution in [2.24, 2.45) is 5.41 Å². The lowest BCUT2D eigenvalue weighted by Gasteiger charge is -2.50. The summed E-state index contributed by atoms with van der Waals surface area (Å²) in [5.74, 6) is -0.160. The van der Waals surface area contributed by atoms with Crippen LogP contribution in [0.25, 0.3) is 0 Å². The number of nitrogens with zero attached hydrogens (tertiary/aromatic N) is 1. The van der Waals surface area contributed by atoms with Crippen LogP contribution in [0, 0.1) is 11.2 Å². The fraction of sp³-hybridized carbons (Fsp3) is 0.600. The summed E-state index contributed by atoms with van der Waals surface area (Å²) < 4.78 is 13.1. The Hall–Kier alpha value is -0.930. The van der Waals surface area contributed by atoms with Crippen LogP contribution in [0.15, 0.2) is 24.3 Å². The average Bonchev–Trinajstić information content (AvgIpc) is 2.28. The van der Waals surface area contributed by atoms with E-state index in [0.29, 0.717) is 11.5 Å². The lowest BCUT2D eigenvalue weighted by atomic mass is 9.62. The molecule has 1 aromatic carbocycles. The quantitative estimate of drug-likeness (QED) is 0.864. The topological polar surface area (TPSA) is 15.3 Å². The van der Waals surface area contributed by atoms with Gasteiger partial charge in [-0.15, -0.1) is 0 Å². The van der Waals surface area contributed by atoms with Crippen molar-refractivity contribution in [2.45, 2.75) is 25.3 Å². The van der Waals surface area contributed by atoms with Crippen LogP contribution >= 0.6 is 0 Å². The monoisotopic (exact) mass is 250 g/mol. The summed E-state index contributed by atoms with van der Waals surface area (Å²) in [6.45, 7) is 1.02. The van der Waals surface area contributed by atoms with E-state index >= 15 is 0 Å². The Bertz CT molecular complexity index is 382. The molecule has 1 aromatic rings. The highest BCUT2D eigenvalue weighted by atomic mass is 19.1. The second-order valence-corrected chi connectivity index (χ2v) is 5.66. The molecule has 0 heterocycles. The summed E-state index contributed by atoms with van der Waals surface area (Å²) in [6.07, 6.45) is 3.79. The first-order valence-electron chi connectivity index (χ1n) is 6.65. The molecule has 0 radical (unpaired) electrons. The van der Waals surface area contributed by atoms with Gasteiger partial charge in [0.25, 0.3) is 0 Å². The van der Waals surface area contributed by atoms with Gasteiger partial charge < -0.3 is 10.2 Å². The Kier molecular flexibility index (Phi) is 4.03. The number of nitrogens with one attached hydrogen (secondary N) is 1. The van der Waals surface area contributed by atoms with Crippen molar-refractivity contribution in [3.05, 3.63) is 35.6 Å². The summed E-state index contributed by atoms with van der Waals surface area (Å²) >= 11 is 0. The molecule has 2 nitrogen and oxygen atoms in total. The molecule has 1 atom stereocenters. The molecule has 1 unspecified atom stereocenters. The van der Waals surface area contributed by atoms with Crippen molar-refractivity contribution >= 4 is 0 Å². The second-order valence-electron chi connectivity index (χ2n) is 5.66. The molecule has 1 N–H and O–H groups in total. The van der Waals surface area contributed by atoms with Crippen molar-refractivity contribution in [3.63, 3.8) is 0 Å². The van der Waals surface area contributed by atoms with Crippen LogP contribution in [0.4, 0.5) is 4.39 Å². The van der Waals surface area contributed by atoms with Crippen LogP contribution in [0.5, 0.6) is 0 Å².